The molecule has 0 spiro atoms. The van der Waals surface area contributed by atoms with Crippen LogP contribution in [0.2, 0.25) is 10.0 Å². The maximum Gasteiger partial charge on any atom is 0.407 e. The first-order chi connectivity index (χ1) is 9.74. The topological polar surface area (TPSA) is 50.4 Å². The van der Waals surface area contributed by atoms with Crippen molar-refractivity contribution in [2.24, 2.45) is 0 Å². The molecule has 2 N–H and O–H groups in total. The SMILES string of the molecule is CC(C)(C)OC(=O)NC1CC1NCc1ccc(Cl)cc1Cl. The maximum absolute atomic E-state index is 11.6. The average molecular weight is 331 g/mol. The highest BCUT2D eigenvalue weighted by Crippen LogP contribution is 2.25. The summed E-state index contributed by atoms with van der Waals surface area (Å²) >= 11 is 12.0. The number of carbonyl (C=O) groups excluding carboxylic acids is 1. The van der Waals surface area contributed by atoms with E-state index >= 15 is 0 Å². The van der Waals surface area contributed by atoms with Gasteiger partial charge in [0.15, 0.2) is 0 Å². The van der Waals surface area contributed by atoms with Crippen molar-refractivity contribution in [1.29, 1.82) is 0 Å². The lowest BCUT2D eigenvalue weighted by molar-refractivity contribution is 0.0522. The number of hydrogen-bond acceptors (Lipinski definition) is 3. The average Bonchev–Trinajstić information content (AvgIpc) is 3.03. The van der Waals surface area contributed by atoms with Gasteiger partial charge in [-0.1, -0.05) is 29.3 Å². The molecular weight excluding hydrogens is 311 g/mol. The van der Waals surface area contributed by atoms with Gasteiger partial charge in [-0.05, 0) is 44.9 Å². The molecule has 1 aliphatic carbocycles. The molecule has 1 saturated carbocycles. The van der Waals surface area contributed by atoms with Gasteiger partial charge in [0.25, 0.3) is 0 Å². The summed E-state index contributed by atoms with van der Waals surface area (Å²) in [4.78, 5) is 11.6. The molecule has 0 saturated heterocycles. The van der Waals surface area contributed by atoms with Gasteiger partial charge < -0.3 is 15.4 Å². The van der Waals surface area contributed by atoms with Gasteiger partial charge in [-0.2, -0.15) is 0 Å². The lowest BCUT2D eigenvalue weighted by Crippen LogP contribution is -2.36. The maximum atomic E-state index is 11.6. The molecule has 21 heavy (non-hydrogen) atoms. The predicted molar refractivity (Wildman–Crippen MR) is 84.9 cm³/mol. The van der Waals surface area contributed by atoms with Crippen LogP contribution in [0.3, 0.4) is 0 Å². The van der Waals surface area contributed by atoms with Gasteiger partial charge in [0.1, 0.15) is 5.60 Å². The first-order valence-electron chi connectivity index (χ1n) is 6.91. The normalized spacial score (nSPS) is 21.0. The minimum absolute atomic E-state index is 0.117. The van der Waals surface area contributed by atoms with Crippen LogP contribution >= 0.6 is 23.2 Å². The Morgan fingerprint density at radius 1 is 1.33 bits per heavy atom. The van der Waals surface area contributed by atoms with Crippen molar-refractivity contribution in [1.82, 2.24) is 10.6 Å². The van der Waals surface area contributed by atoms with Crippen molar-refractivity contribution in [2.75, 3.05) is 0 Å². The van der Waals surface area contributed by atoms with E-state index in [2.05, 4.69) is 10.6 Å². The van der Waals surface area contributed by atoms with Crippen LogP contribution in [-0.2, 0) is 11.3 Å². The quantitative estimate of drug-likeness (QED) is 0.883. The number of amides is 1. The molecule has 116 valence electrons. The third-order valence-electron chi connectivity index (χ3n) is 3.06. The Hall–Kier alpha value is -0.970. The van der Waals surface area contributed by atoms with Gasteiger partial charge in [0, 0.05) is 28.7 Å². The van der Waals surface area contributed by atoms with Gasteiger partial charge in [0.2, 0.25) is 0 Å². The molecule has 0 aliphatic heterocycles. The van der Waals surface area contributed by atoms with Crippen LogP contribution in [0.4, 0.5) is 4.79 Å². The van der Waals surface area contributed by atoms with Gasteiger partial charge in [-0.25, -0.2) is 4.79 Å². The minimum Gasteiger partial charge on any atom is -0.444 e. The number of halogens is 2. The Labute approximate surface area is 135 Å². The summed E-state index contributed by atoms with van der Waals surface area (Å²) in [6.45, 7) is 6.18. The fraction of sp³-hybridized carbons (Fsp3) is 0.533. The Bertz CT molecular complexity index is 529. The molecule has 0 aromatic heterocycles. The summed E-state index contributed by atoms with van der Waals surface area (Å²) in [6, 6.07) is 5.81. The van der Waals surface area contributed by atoms with Gasteiger partial charge in [-0.15, -0.1) is 0 Å². The summed E-state index contributed by atoms with van der Waals surface area (Å²) in [5.74, 6) is 0. The van der Waals surface area contributed by atoms with E-state index in [1.165, 1.54) is 0 Å². The molecule has 1 amide bonds. The van der Waals surface area contributed by atoms with Crippen LogP contribution in [0.15, 0.2) is 18.2 Å². The van der Waals surface area contributed by atoms with E-state index < -0.39 is 5.60 Å². The lowest BCUT2D eigenvalue weighted by Gasteiger charge is -2.19. The third kappa shape index (κ3) is 5.38. The number of alkyl carbamates (subject to hydrolysis) is 1. The molecule has 1 fully saturated rings. The Morgan fingerprint density at radius 3 is 2.67 bits per heavy atom. The summed E-state index contributed by atoms with van der Waals surface area (Å²) < 4.78 is 5.22. The Balaban J connectivity index is 1.74. The zero-order valence-corrected chi connectivity index (χ0v) is 13.9. The zero-order chi connectivity index (χ0) is 15.6. The number of carbonyl (C=O) groups is 1. The first-order valence-corrected chi connectivity index (χ1v) is 7.67. The van der Waals surface area contributed by atoms with Crippen molar-refractivity contribution in [3.8, 4) is 0 Å². The van der Waals surface area contributed by atoms with Crippen molar-refractivity contribution in [3.63, 3.8) is 0 Å². The molecular formula is C15H20Cl2N2O2. The molecule has 0 radical (unpaired) electrons. The molecule has 2 rings (SSSR count). The molecule has 0 heterocycles. The van der Waals surface area contributed by atoms with E-state index in [-0.39, 0.29) is 18.2 Å². The van der Waals surface area contributed by atoms with Crippen LogP contribution in [-0.4, -0.2) is 23.8 Å². The highest BCUT2D eigenvalue weighted by Gasteiger charge is 2.38. The van der Waals surface area contributed by atoms with E-state index in [1.54, 1.807) is 6.07 Å². The van der Waals surface area contributed by atoms with Crippen molar-refractivity contribution in [3.05, 3.63) is 33.8 Å². The second kappa shape index (κ2) is 6.42. The molecule has 0 bridgehead atoms. The van der Waals surface area contributed by atoms with Crippen LogP contribution in [0.5, 0.6) is 0 Å². The van der Waals surface area contributed by atoms with E-state index in [9.17, 15) is 4.79 Å². The zero-order valence-electron chi connectivity index (χ0n) is 12.4. The van der Waals surface area contributed by atoms with Crippen molar-refractivity contribution >= 4 is 29.3 Å². The third-order valence-corrected chi connectivity index (χ3v) is 3.65. The fourth-order valence-corrected chi connectivity index (χ4v) is 2.42. The number of rotatable bonds is 4. The van der Waals surface area contributed by atoms with Gasteiger partial charge in [-0.3, -0.25) is 0 Å². The van der Waals surface area contributed by atoms with Crippen LogP contribution in [0.1, 0.15) is 32.8 Å². The van der Waals surface area contributed by atoms with E-state index in [1.807, 2.05) is 32.9 Å². The number of nitrogens with one attached hydrogen (secondary N) is 2. The Morgan fingerprint density at radius 2 is 2.05 bits per heavy atom. The number of benzene rings is 1. The Kier molecular flexibility index (Phi) is 5.02. The second-order valence-corrected chi connectivity index (χ2v) is 7.06. The summed E-state index contributed by atoms with van der Waals surface area (Å²) in [5.41, 5.74) is 0.516. The van der Waals surface area contributed by atoms with Crippen molar-refractivity contribution in [2.45, 2.75) is 51.4 Å². The number of ether oxygens (including phenoxy) is 1. The molecule has 6 heteroatoms. The summed E-state index contributed by atoms with van der Waals surface area (Å²) in [5, 5.41) is 7.47. The molecule has 2 atom stereocenters. The van der Waals surface area contributed by atoms with Crippen molar-refractivity contribution < 1.29 is 9.53 Å². The largest absolute Gasteiger partial charge is 0.444 e. The van der Waals surface area contributed by atoms with Gasteiger partial charge >= 0.3 is 6.09 Å². The molecule has 4 nitrogen and oxygen atoms in total. The van der Waals surface area contributed by atoms with E-state index in [0.29, 0.717) is 16.6 Å². The monoisotopic (exact) mass is 330 g/mol. The molecule has 2 unspecified atom stereocenters. The second-order valence-electron chi connectivity index (χ2n) is 6.21. The predicted octanol–water partition coefficient (Wildman–Crippen LogP) is 3.75. The number of hydrogen-bond donors (Lipinski definition) is 2. The molecule has 1 aromatic rings. The van der Waals surface area contributed by atoms with Crippen LogP contribution in [0.25, 0.3) is 0 Å². The summed E-state index contributed by atoms with van der Waals surface area (Å²) in [6.07, 6.45) is 0.520. The highest BCUT2D eigenvalue weighted by atomic mass is 35.5. The van der Waals surface area contributed by atoms with Crippen LogP contribution in [0, 0.1) is 0 Å². The van der Waals surface area contributed by atoms with E-state index in [0.717, 1.165) is 12.0 Å². The van der Waals surface area contributed by atoms with Gasteiger partial charge in [0.05, 0.1) is 0 Å². The molecule has 1 aliphatic rings. The van der Waals surface area contributed by atoms with E-state index in [4.69, 9.17) is 27.9 Å². The first kappa shape index (κ1) is 16.4. The fourth-order valence-electron chi connectivity index (χ4n) is 1.95. The minimum atomic E-state index is -0.473. The molecule has 1 aromatic carbocycles. The van der Waals surface area contributed by atoms with Crippen LogP contribution < -0.4 is 10.6 Å². The lowest BCUT2D eigenvalue weighted by atomic mass is 10.2. The summed E-state index contributed by atoms with van der Waals surface area (Å²) in [7, 11) is 0. The smallest absolute Gasteiger partial charge is 0.407 e. The standard InChI is InChI=1S/C15H20Cl2N2O2/c1-15(2,3)21-14(20)19-13-7-12(13)18-8-9-4-5-10(16)6-11(9)17/h4-6,12-13,18H,7-8H2,1-3H3,(H,19,20). The highest BCUT2D eigenvalue weighted by molar-refractivity contribution is 6.35.